The molecule has 0 unspecified atom stereocenters. The highest BCUT2D eigenvalue weighted by molar-refractivity contribution is 6.32. The van der Waals surface area contributed by atoms with Crippen molar-refractivity contribution in [3.05, 3.63) is 35.4 Å². The van der Waals surface area contributed by atoms with Crippen LogP contribution in [0, 0.1) is 6.92 Å². The van der Waals surface area contributed by atoms with Crippen LogP contribution in [0.2, 0.25) is 5.15 Å². The summed E-state index contributed by atoms with van der Waals surface area (Å²) in [5.74, 6) is 0. The molecular weight excluding hydrogens is 265 g/mol. The van der Waals surface area contributed by atoms with Gasteiger partial charge in [-0.15, -0.1) is 0 Å². The van der Waals surface area contributed by atoms with Crippen LogP contribution in [0.25, 0.3) is 11.1 Å². The summed E-state index contributed by atoms with van der Waals surface area (Å²) in [6, 6.07) is 3.83. The van der Waals surface area contributed by atoms with Crippen molar-refractivity contribution in [2.24, 2.45) is 0 Å². The monoisotopic (exact) mass is 281 g/mol. The average Bonchev–Trinajstić information content (AvgIpc) is 2.74. The molecule has 2 aromatic rings. The number of nitrogens with zero attached hydrogens (tertiary/aromatic N) is 3. The van der Waals surface area contributed by atoms with Crippen molar-refractivity contribution in [2.75, 3.05) is 0 Å². The summed E-state index contributed by atoms with van der Waals surface area (Å²) in [5, 5.41) is 4.69. The zero-order valence-corrected chi connectivity index (χ0v) is 12.1. The predicted molar refractivity (Wildman–Crippen MR) is 75.0 cm³/mol. The number of hydrogen-bond acceptors (Lipinski definition) is 2. The van der Waals surface area contributed by atoms with E-state index in [9.17, 15) is 4.39 Å². The summed E-state index contributed by atoms with van der Waals surface area (Å²) in [6.45, 7) is 5.57. The van der Waals surface area contributed by atoms with Gasteiger partial charge in [0, 0.05) is 36.0 Å². The number of alkyl halides is 1. The molecule has 3 nitrogen and oxygen atoms in total. The third-order valence-electron chi connectivity index (χ3n) is 2.87. The molecule has 2 rings (SSSR count). The molecule has 0 saturated heterocycles. The molecular formula is C14H17ClFN3. The summed E-state index contributed by atoms with van der Waals surface area (Å²) in [7, 11) is 0. The number of pyridine rings is 1. The van der Waals surface area contributed by atoms with Crippen LogP contribution in [-0.4, -0.2) is 20.4 Å². The molecule has 102 valence electrons. The van der Waals surface area contributed by atoms with E-state index in [2.05, 4.69) is 10.1 Å². The maximum absolute atomic E-state index is 13.4. The quantitative estimate of drug-likeness (QED) is 0.792. The van der Waals surface area contributed by atoms with E-state index >= 15 is 0 Å². The lowest BCUT2D eigenvalue weighted by molar-refractivity contribution is 0.190. The normalized spacial score (nSPS) is 11.8. The van der Waals surface area contributed by atoms with Crippen LogP contribution in [0.1, 0.15) is 26.0 Å². The Kier molecular flexibility index (Phi) is 3.90. The maximum Gasteiger partial charge on any atom is 0.137 e. The van der Waals surface area contributed by atoms with Gasteiger partial charge in [0.15, 0.2) is 0 Å². The number of halogens is 2. The molecule has 0 N–H and O–H groups in total. The summed E-state index contributed by atoms with van der Waals surface area (Å²) in [5.41, 5.74) is 1.43. The van der Waals surface area contributed by atoms with E-state index in [1.807, 2.05) is 25.3 Å². The number of hydrogen-bond donors (Lipinski definition) is 0. The fourth-order valence-corrected chi connectivity index (χ4v) is 2.05. The van der Waals surface area contributed by atoms with Gasteiger partial charge in [0.05, 0.1) is 6.20 Å². The zero-order chi connectivity index (χ0) is 14.0. The molecule has 0 fully saturated rings. The Morgan fingerprint density at radius 3 is 2.74 bits per heavy atom. The first-order valence-electron chi connectivity index (χ1n) is 6.20. The van der Waals surface area contributed by atoms with Gasteiger partial charge in [0.2, 0.25) is 0 Å². The smallest absolute Gasteiger partial charge is 0.137 e. The maximum atomic E-state index is 13.4. The first kappa shape index (κ1) is 14.0. The van der Waals surface area contributed by atoms with Crippen LogP contribution in [0.4, 0.5) is 4.39 Å². The molecule has 5 heteroatoms. The summed E-state index contributed by atoms with van der Waals surface area (Å²) in [4.78, 5) is 4.21. The van der Waals surface area contributed by atoms with Gasteiger partial charge in [-0.25, -0.2) is 9.37 Å². The van der Waals surface area contributed by atoms with Gasteiger partial charge < -0.3 is 0 Å². The Bertz CT molecular complexity index is 572. The molecule has 0 spiro atoms. The Morgan fingerprint density at radius 2 is 2.11 bits per heavy atom. The second-order valence-corrected chi connectivity index (χ2v) is 5.61. The van der Waals surface area contributed by atoms with Crippen molar-refractivity contribution in [3.8, 4) is 11.1 Å². The molecule has 19 heavy (non-hydrogen) atoms. The summed E-state index contributed by atoms with van der Waals surface area (Å²) < 4.78 is 15.2. The second-order valence-electron chi connectivity index (χ2n) is 5.25. The third-order valence-corrected chi connectivity index (χ3v) is 3.16. The van der Waals surface area contributed by atoms with Crippen LogP contribution in [0.5, 0.6) is 0 Å². The molecule has 0 aliphatic carbocycles. The molecule has 0 aliphatic heterocycles. The lowest BCUT2D eigenvalue weighted by Crippen LogP contribution is -2.15. The van der Waals surface area contributed by atoms with Gasteiger partial charge in [-0.3, -0.25) is 4.68 Å². The van der Waals surface area contributed by atoms with E-state index in [-0.39, 0.29) is 0 Å². The Balaban J connectivity index is 2.16. The van der Waals surface area contributed by atoms with E-state index in [0.29, 0.717) is 18.1 Å². The molecule has 0 aliphatic rings. The van der Waals surface area contributed by atoms with Crippen LogP contribution in [0.15, 0.2) is 24.5 Å². The third kappa shape index (κ3) is 3.77. The van der Waals surface area contributed by atoms with Crippen LogP contribution < -0.4 is 0 Å². The largest absolute Gasteiger partial charge is 0.272 e. The van der Waals surface area contributed by atoms with Crippen molar-refractivity contribution in [1.29, 1.82) is 0 Å². The number of rotatable bonds is 4. The molecule has 0 aromatic carbocycles. The van der Waals surface area contributed by atoms with Gasteiger partial charge in [-0.1, -0.05) is 11.6 Å². The minimum absolute atomic E-state index is 0.425. The minimum atomic E-state index is -1.19. The standard InChI is InChI=1S/C14H17ClFN3/c1-10-4-5-12(13(15)18-10)11-8-17-19(9-11)7-6-14(2,3)16/h4-5,8-9H,6-7H2,1-3H3. The molecule has 2 heterocycles. The van der Waals surface area contributed by atoms with Crippen LogP contribution in [0.3, 0.4) is 0 Å². The number of aromatic nitrogens is 3. The topological polar surface area (TPSA) is 30.7 Å². The fraction of sp³-hybridized carbons (Fsp3) is 0.429. The Hall–Kier alpha value is -1.42. The second kappa shape index (κ2) is 5.29. The highest BCUT2D eigenvalue weighted by Crippen LogP contribution is 2.26. The van der Waals surface area contributed by atoms with E-state index in [0.717, 1.165) is 16.8 Å². The lowest BCUT2D eigenvalue weighted by atomic mass is 10.1. The van der Waals surface area contributed by atoms with Crippen LogP contribution in [-0.2, 0) is 6.54 Å². The summed E-state index contributed by atoms with van der Waals surface area (Å²) >= 11 is 6.11. The highest BCUT2D eigenvalue weighted by atomic mass is 35.5. The van der Waals surface area contributed by atoms with Crippen molar-refractivity contribution in [2.45, 2.75) is 39.4 Å². The minimum Gasteiger partial charge on any atom is -0.272 e. The first-order valence-corrected chi connectivity index (χ1v) is 6.58. The van der Waals surface area contributed by atoms with E-state index in [1.54, 1.807) is 24.7 Å². The molecule has 0 amide bonds. The van der Waals surface area contributed by atoms with Gasteiger partial charge in [0.1, 0.15) is 10.8 Å². The molecule has 0 saturated carbocycles. The highest BCUT2D eigenvalue weighted by Gasteiger charge is 2.15. The number of aryl methyl sites for hydroxylation is 2. The van der Waals surface area contributed by atoms with Crippen molar-refractivity contribution in [3.63, 3.8) is 0 Å². The van der Waals surface area contributed by atoms with Crippen molar-refractivity contribution in [1.82, 2.24) is 14.8 Å². The van der Waals surface area contributed by atoms with E-state index in [1.165, 1.54) is 0 Å². The Labute approximate surface area is 117 Å². The Morgan fingerprint density at radius 1 is 1.37 bits per heavy atom. The van der Waals surface area contributed by atoms with Crippen molar-refractivity contribution >= 4 is 11.6 Å². The molecule has 0 radical (unpaired) electrons. The molecule has 2 aromatic heterocycles. The summed E-state index contributed by atoms with van der Waals surface area (Å²) in [6.07, 6.45) is 4.02. The van der Waals surface area contributed by atoms with Gasteiger partial charge in [-0.05, 0) is 32.9 Å². The van der Waals surface area contributed by atoms with Gasteiger partial charge >= 0.3 is 0 Å². The lowest BCUT2D eigenvalue weighted by Gasteiger charge is -2.13. The van der Waals surface area contributed by atoms with Crippen LogP contribution >= 0.6 is 11.6 Å². The predicted octanol–water partition coefficient (Wildman–Crippen LogP) is 4.05. The van der Waals surface area contributed by atoms with E-state index in [4.69, 9.17) is 11.6 Å². The molecule has 0 bridgehead atoms. The fourth-order valence-electron chi connectivity index (χ4n) is 1.75. The zero-order valence-electron chi connectivity index (χ0n) is 11.3. The van der Waals surface area contributed by atoms with Gasteiger partial charge in [-0.2, -0.15) is 5.10 Å². The SMILES string of the molecule is Cc1ccc(-c2cnn(CCC(C)(C)F)c2)c(Cl)n1. The van der Waals surface area contributed by atoms with Crippen molar-refractivity contribution < 1.29 is 4.39 Å². The average molecular weight is 282 g/mol. The van der Waals surface area contributed by atoms with E-state index < -0.39 is 5.67 Å². The van der Waals surface area contributed by atoms with Gasteiger partial charge in [0.25, 0.3) is 0 Å². The first-order chi connectivity index (χ1) is 8.85. The molecule has 0 atom stereocenters.